The van der Waals surface area contributed by atoms with Gasteiger partial charge in [0.25, 0.3) is 0 Å². The minimum atomic E-state index is 0.670. The highest BCUT2D eigenvalue weighted by Crippen LogP contribution is 2.09. The Bertz CT molecular complexity index is 246. The molecule has 0 heterocycles. The van der Waals surface area contributed by atoms with Crippen LogP contribution in [0.2, 0.25) is 0 Å². The van der Waals surface area contributed by atoms with E-state index >= 15 is 0 Å². The lowest BCUT2D eigenvalue weighted by atomic mass is 10.2. The lowest BCUT2D eigenvalue weighted by Gasteiger charge is -2.06. The molecule has 0 bridgehead atoms. The molecule has 0 saturated carbocycles. The van der Waals surface area contributed by atoms with Crippen LogP contribution >= 0.6 is 0 Å². The van der Waals surface area contributed by atoms with Gasteiger partial charge in [0.2, 0.25) is 0 Å². The molecule has 0 fully saturated rings. The van der Waals surface area contributed by atoms with Gasteiger partial charge >= 0.3 is 0 Å². The minimum absolute atomic E-state index is 0.670. The van der Waals surface area contributed by atoms with Crippen LogP contribution in [-0.2, 0) is 11.3 Å². The topological polar surface area (TPSA) is 47.3 Å². The Hall–Kier alpha value is -1.06. The number of ether oxygens (including phenoxy) is 1. The Morgan fingerprint density at radius 2 is 2.00 bits per heavy atom. The number of hydrogen-bond donors (Lipinski definition) is 2. The first-order valence-electron chi connectivity index (χ1n) is 4.88. The summed E-state index contributed by atoms with van der Waals surface area (Å²) < 4.78 is 5.03. The maximum Gasteiger partial charge on any atom is 0.0713 e. The van der Waals surface area contributed by atoms with Crippen LogP contribution in [0, 0.1) is 0 Å². The molecule has 0 amide bonds. The normalized spacial score (nSPS) is 10.1. The van der Waals surface area contributed by atoms with Crippen LogP contribution in [0.5, 0.6) is 0 Å². The van der Waals surface area contributed by atoms with E-state index in [4.69, 9.17) is 10.5 Å². The number of nitrogens with one attached hydrogen (secondary N) is 1. The summed E-state index contributed by atoms with van der Waals surface area (Å²) >= 11 is 0. The van der Waals surface area contributed by atoms with E-state index in [1.807, 2.05) is 0 Å². The van der Waals surface area contributed by atoms with Gasteiger partial charge in [0.05, 0.1) is 6.61 Å². The third-order valence-electron chi connectivity index (χ3n) is 1.97. The van der Waals surface area contributed by atoms with Crippen LogP contribution in [0.25, 0.3) is 0 Å². The quantitative estimate of drug-likeness (QED) is 0.676. The number of hydrogen-bond acceptors (Lipinski definition) is 3. The number of nitrogens with two attached hydrogens (primary N) is 1. The Balaban J connectivity index is 2.38. The molecule has 3 nitrogen and oxygen atoms in total. The van der Waals surface area contributed by atoms with E-state index in [1.54, 1.807) is 7.11 Å². The highest BCUT2D eigenvalue weighted by molar-refractivity contribution is 5.44. The third-order valence-corrected chi connectivity index (χ3v) is 1.97. The van der Waals surface area contributed by atoms with Crippen molar-refractivity contribution in [1.29, 1.82) is 0 Å². The smallest absolute Gasteiger partial charge is 0.0713 e. The second-order valence-corrected chi connectivity index (χ2v) is 3.20. The van der Waals surface area contributed by atoms with Crippen molar-refractivity contribution in [3.8, 4) is 0 Å². The summed E-state index contributed by atoms with van der Waals surface area (Å²) in [7, 11) is 1.70. The number of rotatable bonds is 6. The molecule has 1 aromatic rings. The lowest BCUT2D eigenvalue weighted by molar-refractivity contribution is 0.185. The summed E-state index contributed by atoms with van der Waals surface area (Å²) in [5, 5.41) is 3.29. The molecular formula is C11H18N2O. The monoisotopic (exact) mass is 194 g/mol. The molecule has 1 rings (SSSR count). The molecule has 0 radical (unpaired) electrons. The van der Waals surface area contributed by atoms with Crippen molar-refractivity contribution in [1.82, 2.24) is 0 Å². The van der Waals surface area contributed by atoms with Gasteiger partial charge in [-0.15, -0.1) is 0 Å². The van der Waals surface area contributed by atoms with Gasteiger partial charge in [0, 0.05) is 19.3 Å². The van der Waals surface area contributed by atoms with Gasteiger partial charge in [-0.2, -0.15) is 0 Å². The number of benzene rings is 1. The Labute approximate surface area is 85.3 Å². The summed E-state index contributed by atoms with van der Waals surface area (Å²) in [6.07, 6.45) is 1.000. The standard InChI is InChI=1S/C11H18N2O/c1-14-9-10-3-5-11(6-4-10)13-8-2-7-12/h3-6,13H,2,7-9,12H2,1H3. The fraction of sp³-hybridized carbons (Fsp3) is 0.455. The molecule has 3 heteroatoms. The van der Waals surface area contributed by atoms with Crippen molar-refractivity contribution in [2.45, 2.75) is 13.0 Å². The fourth-order valence-electron chi connectivity index (χ4n) is 1.22. The van der Waals surface area contributed by atoms with Crippen molar-refractivity contribution in [3.63, 3.8) is 0 Å². The average molecular weight is 194 g/mol. The largest absolute Gasteiger partial charge is 0.385 e. The van der Waals surface area contributed by atoms with Gasteiger partial charge < -0.3 is 15.8 Å². The molecule has 0 saturated heterocycles. The molecule has 3 N–H and O–H groups in total. The summed E-state index contributed by atoms with van der Waals surface area (Å²) in [6.45, 7) is 2.33. The second kappa shape index (κ2) is 6.40. The van der Waals surface area contributed by atoms with Crippen molar-refractivity contribution < 1.29 is 4.74 Å². The van der Waals surface area contributed by atoms with Crippen LogP contribution in [0.1, 0.15) is 12.0 Å². The van der Waals surface area contributed by atoms with Gasteiger partial charge in [0.1, 0.15) is 0 Å². The van der Waals surface area contributed by atoms with Gasteiger partial charge in [-0.05, 0) is 30.7 Å². The summed E-state index contributed by atoms with van der Waals surface area (Å²) in [6, 6.07) is 8.25. The SMILES string of the molecule is COCc1ccc(NCCCN)cc1. The van der Waals surface area contributed by atoms with Crippen LogP contribution in [0.4, 0.5) is 5.69 Å². The lowest BCUT2D eigenvalue weighted by Crippen LogP contribution is -2.08. The first-order valence-corrected chi connectivity index (χ1v) is 4.88. The zero-order chi connectivity index (χ0) is 10.2. The van der Waals surface area contributed by atoms with Gasteiger partial charge in [-0.3, -0.25) is 0 Å². The van der Waals surface area contributed by atoms with Crippen LogP contribution in [0.3, 0.4) is 0 Å². The van der Waals surface area contributed by atoms with Gasteiger partial charge in [0.15, 0.2) is 0 Å². The Kier molecular flexibility index (Phi) is 5.04. The predicted octanol–water partition coefficient (Wildman–Crippen LogP) is 1.59. The van der Waals surface area contributed by atoms with E-state index in [2.05, 4.69) is 29.6 Å². The molecular weight excluding hydrogens is 176 g/mol. The maximum atomic E-state index is 5.40. The first kappa shape index (κ1) is 11.0. The van der Waals surface area contributed by atoms with E-state index < -0.39 is 0 Å². The molecule has 0 aliphatic carbocycles. The molecule has 0 atom stereocenters. The molecule has 0 unspecified atom stereocenters. The summed E-state index contributed by atoms with van der Waals surface area (Å²) in [4.78, 5) is 0. The second-order valence-electron chi connectivity index (χ2n) is 3.20. The Morgan fingerprint density at radius 3 is 2.57 bits per heavy atom. The van der Waals surface area contributed by atoms with Crippen molar-refractivity contribution in [2.75, 3.05) is 25.5 Å². The summed E-state index contributed by atoms with van der Waals surface area (Å²) in [5.74, 6) is 0. The van der Waals surface area contributed by atoms with Gasteiger partial charge in [-0.1, -0.05) is 12.1 Å². The first-order chi connectivity index (χ1) is 6.86. The Morgan fingerprint density at radius 1 is 1.29 bits per heavy atom. The van der Waals surface area contributed by atoms with Crippen LogP contribution in [0.15, 0.2) is 24.3 Å². The van der Waals surface area contributed by atoms with E-state index in [-0.39, 0.29) is 0 Å². The van der Waals surface area contributed by atoms with Crippen molar-refractivity contribution in [3.05, 3.63) is 29.8 Å². The zero-order valence-corrected chi connectivity index (χ0v) is 8.62. The third kappa shape index (κ3) is 3.77. The van der Waals surface area contributed by atoms with Crippen LogP contribution in [-0.4, -0.2) is 20.2 Å². The highest BCUT2D eigenvalue weighted by atomic mass is 16.5. The minimum Gasteiger partial charge on any atom is -0.385 e. The molecule has 0 aromatic heterocycles. The van der Waals surface area contributed by atoms with E-state index in [1.165, 1.54) is 5.56 Å². The van der Waals surface area contributed by atoms with Crippen molar-refractivity contribution in [2.24, 2.45) is 5.73 Å². The summed E-state index contributed by atoms with van der Waals surface area (Å²) in [5.41, 5.74) is 7.73. The van der Waals surface area contributed by atoms with E-state index in [0.717, 1.165) is 25.2 Å². The molecule has 0 aliphatic heterocycles. The molecule has 78 valence electrons. The number of anilines is 1. The van der Waals surface area contributed by atoms with Crippen LogP contribution < -0.4 is 11.1 Å². The average Bonchev–Trinajstić information content (AvgIpc) is 2.21. The van der Waals surface area contributed by atoms with Crippen molar-refractivity contribution >= 4 is 5.69 Å². The number of methoxy groups -OCH3 is 1. The molecule has 0 spiro atoms. The van der Waals surface area contributed by atoms with E-state index in [9.17, 15) is 0 Å². The molecule has 14 heavy (non-hydrogen) atoms. The zero-order valence-electron chi connectivity index (χ0n) is 8.62. The fourth-order valence-corrected chi connectivity index (χ4v) is 1.22. The molecule has 0 aliphatic rings. The van der Waals surface area contributed by atoms with E-state index in [0.29, 0.717) is 6.61 Å². The van der Waals surface area contributed by atoms with Gasteiger partial charge in [-0.25, -0.2) is 0 Å². The maximum absolute atomic E-state index is 5.40. The predicted molar refractivity (Wildman–Crippen MR) is 59.3 cm³/mol. The molecule has 1 aromatic carbocycles. The highest BCUT2D eigenvalue weighted by Gasteiger charge is 1.93.